The van der Waals surface area contributed by atoms with Gasteiger partial charge in [0.15, 0.2) is 28.0 Å². The van der Waals surface area contributed by atoms with E-state index in [9.17, 15) is 0 Å². The average molecular weight is 332 g/mol. The van der Waals surface area contributed by atoms with Crippen LogP contribution in [0.25, 0.3) is 0 Å². The summed E-state index contributed by atoms with van der Waals surface area (Å²) in [7, 11) is 1.73. The number of hydrogen-bond donors (Lipinski definition) is 4. The Labute approximate surface area is 137 Å². The Morgan fingerprint density at radius 1 is 1.48 bits per heavy atom. The van der Waals surface area contributed by atoms with E-state index in [1.165, 1.54) is 0 Å². The monoisotopic (exact) mass is 332 g/mol. The Balaban J connectivity index is 1.78. The van der Waals surface area contributed by atoms with Gasteiger partial charge in [0.1, 0.15) is 18.0 Å². The number of hydrogen-bond acceptors (Lipinski definition) is 6. The lowest BCUT2D eigenvalue weighted by Crippen LogP contribution is -2.35. The van der Waals surface area contributed by atoms with Crippen molar-refractivity contribution in [1.82, 2.24) is 14.9 Å². The van der Waals surface area contributed by atoms with E-state index < -0.39 is 0 Å². The van der Waals surface area contributed by atoms with Gasteiger partial charge in [-0.25, -0.2) is 0 Å². The van der Waals surface area contributed by atoms with Gasteiger partial charge in [-0.3, -0.25) is 5.41 Å². The first-order chi connectivity index (χ1) is 11.0. The van der Waals surface area contributed by atoms with E-state index in [0.717, 1.165) is 0 Å². The van der Waals surface area contributed by atoms with Crippen molar-refractivity contribution >= 4 is 29.7 Å². The van der Waals surface area contributed by atoms with Crippen LogP contribution in [0.3, 0.4) is 0 Å². The minimum absolute atomic E-state index is 0.00231. The summed E-state index contributed by atoms with van der Waals surface area (Å²) in [6.07, 6.45) is 1.66. The number of likely N-dealkylation sites (N-methyl/N-ethyl adjacent to an activating group) is 1. The van der Waals surface area contributed by atoms with Crippen molar-refractivity contribution in [2.75, 3.05) is 25.5 Å². The molecule has 2 heterocycles. The van der Waals surface area contributed by atoms with Crippen LogP contribution >= 0.6 is 12.2 Å². The number of ether oxygens (including phenoxy) is 2. The molecular formula is C14H16N6O2S. The number of fused-ring (bicyclic) bond motifs is 2. The number of rotatable bonds is 4. The Morgan fingerprint density at radius 2 is 2.30 bits per heavy atom. The molecule has 2 aromatic rings. The molecule has 3 rings (SSSR count). The van der Waals surface area contributed by atoms with Gasteiger partial charge in [0.2, 0.25) is 0 Å². The van der Waals surface area contributed by atoms with Gasteiger partial charge in [-0.2, -0.15) is 4.98 Å². The average Bonchev–Trinajstić information content (AvgIpc) is 2.53. The van der Waals surface area contributed by atoms with Crippen LogP contribution in [0.1, 0.15) is 0 Å². The molecule has 0 saturated heterocycles. The van der Waals surface area contributed by atoms with Crippen molar-refractivity contribution in [2.45, 2.75) is 0 Å². The molecule has 8 nitrogen and oxygen atoms in total. The van der Waals surface area contributed by atoms with Gasteiger partial charge in [0, 0.05) is 7.05 Å². The lowest BCUT2D eigenvalue weighted by molar-refractivity contribution is 0.283. The number of guanidine groups is 1. The van der Waals surface area contributed by atoms with E-state index in [0.29, 0.717) is 46.7 Å². The molecule has 120 valence electrons. The summed E-state index contributed by atoms with van der Waals surface area (Å²) in [5.41, 5.74) is 6.09. The second-order valence-corrected chi connectivity index (χ2v) is 5.32. The van der Waals surface area contributed by atoms with E-state index in [4.69, 9.17) is 32.8 Å². The fourth-order valence-electron chi connectivity index (χ4n) is 2.04. The Hall–Kier alpha value is -2.81. The Bertz CT molecular complexity index is 806. The number of aromatic amines is 1. The molecule has 9 heteroatoms. The first kappa shape index (κ1) is 15.1. The molecule has 5 N–H and O–H groups in total. The van der Waals surface area contributed by atoms with Crippen LogP contribution in [0.5, 0.6) is 17.2 Å². The molecule has 0 bridgehead atoms. The highest BCUT2D eigenvalue weighted by Gasteiger charge is 2.21. The number of nitrogens with one attached hydrogen (secondary N) is 3. The number of benzene rings is 1. The zero-order valence-electron chi connectivity index (χ0n) is 12.4. The molecule has 1 aromatic heterocycles. The molecule has 0 saturated carbocycles. The van der Waals surface area contributed by atoms with E-state index in [2.05, 4.69) is 15.3 Å². The first-order valence-electron chi connectivity index (χ1n) is 6.90. The number of para-hydroxylation sites is 1. The van der Waals surface area contributed by atoms with E-state index in [1.807, 2.05) is 18.2 Å². The van der Waals surface area contributed by atoms with Gasteiger partial charge in [0.05, 0.1) is 12.7 Å². The molecule has 0 atom stereocenters. The summed E-state index contributed by atoms with van der Waals surface area (Å²) < 4.78 is 11.9. The molecular weight excluding hydrogens is 316 g/mol. The quantitative estimate of drug-likeness (QED) is 0.329. The van der Waals surface area contributed by atoms with Crippen LogP contribution in [-0.2, 0) is 0 Å². The smallest absolute Gasteiger partial charge is 0.198 e. The maximum atomic E-state index is 7.33. The summed E-state index contributed by atoms with van der Waals surface area (Å²) in [5.74, 6) is 2.38. The van der Waals surface area contributed by atoms with E-state index in [-0.39, 0.29) is 5.96 Å². The number of aromatic nitrogens is 2. The third-order valence-corrected chi connectivity index (χ3v) is 3.53. The molecule has 0 radical (unpaired) electrons. The fraction of sp³-hybridized carbons (Fsp3) is 0.214. The molecule has 0 amide bonds. The predicted molar refractivity (Wildman–Crippen MR) is 89.3 cm³/mol. The summed E-state index contributed by atoms with van der Waals surface area (Å²) in [5, 5.41) is 10.5. The fourth-order valence-corrected chi connectivity index (χ4v) is 2.19. The minimum Gasteiger partial charge on any atom is -0.489 e. The second-order valence-electron chi connectivity index (χ2n) is 4.93. The number of nitrogens with two attached hydrogens (primary N) is 1. The zero-order valence-corrected chi connectivity index (χ0v) is 13.2. The van der Waals surface area contributed by atoms with Crippen molar-refractivity contribution in [3.63, 3.8) is 0 Å². The van der Waals surface area contributed by atoms with Gasteiger partial charge < -0.3 is 30.4 Å². The van der Waals surface area contributed by atoms with Crippen LogP contribution in [0, 0.1) is 10.2 Å². The highest BCUT2D eigenvalue weighted by atomic mass is 32.1. The van der Waals surface area contributed by atoms with Crippen LogP contribution in [0.4, 0.5) is 11.5 Å². The summed E-state index contributed by atoms with van der Waals surface area (Å²) in [6, 6.07) is 5.51. The molecule has 0 fully saturated rings. The number of anilines is 2. The van der Waals surface area contributed by atoms with Gasteiger partial charge in [-0.05, 0) is 24.4 Å². The third-order valence-electron chi connectivity index (χ3n) is 3.32. The molecule has 1 aromatic carbocycles. The second kappa shape index (κ2) is 6.13. The van der Waals surface area contributed by atoms with Crippen LogP contribution in [0.2, 0.25) is 0 Å². The lowest BCUT2D eigenvalue weighted by atomic mass is 10.2. The largest absolute Gasteiger partial charge is 0.489 e. The van der Waals surface area contributed by atoms with Gasteiger partial charge in [-0.1, -0.05) is 6.07 Å². The molecule has 0 unspecified atom stereocenters. The first-order valence-corrected chi connectivity index (χ1v) is 7.31. The van der Waals surface area contributed by atoms with Gasteiger partial charge in [0.25, 0.3) is 0 Å². The highest BCUT2D eigenvalue weighted by molar-refractivity contribution is 7.71. The molecule has 23 heavy (non-hydrogen) atoms. The normalized spacial score (nSPS) is 11.5. The maximum Gasteiger partial charge on any atom is 0.198 e. The summed E-state index contributed by atoms with van der Waals surface area (Å²) >= 11 is 5.02. The van der Waals surface area contributed by atoms with Crippen molar-refractivity contribution in [1.29, 1.82) is 5.41 Å². The van der Waals surface area contributed by atoms with Gasteiger partial charge >= 0.3 is 0 Å². The van der Waals surface area contributed by atoms with Crippen molar-refractivity contribution in [3.8, 4) is 17.2 Å². The predicted octanol–water partition coefficient (Wildman–Crippen LogP) is 2.19. The van der Waals surface area contributed by atoms with Crippen LogP contribution in [-0.4, -0.2) is 41.0 Å². The highest BCUT2D eigenvalue weighted by Crippen LogP contribution is 2.44. The van der Waals surface area contributed by atoms with Crippen LogP contribution in [0.15, 0.2) is 24.4 Å². The zero-order chi connectivity index (χ0) is 16.4. The molecule has 1 aliphatic rings. The molecule has 0 spiro atoms. The van der Waals surface area contributed by atoms with Crippen molar-refractivity contribution < 1.29 is 9.47 Å². The summed E-state index contributed by atoms with van der Waals surface area (Å²) in [4.78, 5) is 8.63. The lowest BCUT2D eigenvalue weighted by Gasteiger charge is -2.23. The molecule has 0 aliphatic carbocycles. The van der Waals surface area contributed by atoms with Crippen LogP contribution < -0.4 is 20.5 Å². The SMILES string of the molecule is CN(CCOc1cccc2c1Nc1nc(=S)[nH]cc1O2)C(=N)N. The van der Waals surface area contributed by atoms with E-state index in [1.54, 1.807) is 18.1 Å². The third kappa shape index (κ3) is 3.19. The van der Waals surface area contributed by atoms with Crippen molar-refractivity contribution in [2.24, 2.45) is 5.73 Å². The standard InChI is InChI=1S/C14H16N6O2S/c1-20(13(15)16)5-6-21-8-3-2-4-9-11(8)18-12-10(22-9)7-17-14(23)19-12/h2-4,7H,5-6H2,1H3,(H3,15,16)(H2,17,18,19,23). The molecule has 1 aliphatic heterocycles. The Kier molecular flexibility index (Phi) is 4.02. The Morgan fingerprint density at radius 3 is 3.09 bits per heavy atom. The summed E-state index contributed by atoms with van der Waals surface area (Å²) in [6.45, 7) is 0.878. The number of nitrogens with zero attached hydrogens (tertiary/aromatic N) is 2. The minimum atomic E-state index is -0.00231. The van der Waals surface area contributed by atoms with Crippen molar-refractivity contribution in [3.05, 3.63) is 29.2 Å². The van der Waals surface area contributed by atoms with Gasteiger partial charge in [-0.15, -0.1) is 0 Å². The maximum absolute atomic E-state index is 7.33. The number of H-pyrrole nitrogens is 1. The van der Waals surface area contributed by atoms with E-state index >= 15 is 0 Å². The topological polar surface area (TPSA) is 112 Å².